The summed E-state index contributed by atoms with van der Waals surface area (Å²) >= 11 is 0. The first kappa shape index (κ1) is 26.5. The number of furan rings is 1. The molecule has 2 aromatic heterocycles. The zero-order chi connectivity index (χ0) is 27.4. The van der Waals surface area contributed by atoms with Crippen molar-refractivity contribution in [1.82, 2.24) is 4.98 Å². The topological polar surface area (TPSA) is 109 Å². The molecule has 0 fully saturated rings. The van der Waals surface area contributed by atoms with Gasteiger partial charge in [0.15, 0.2) is 29.2 Å². The summed E-state index contributed by atoms with van der Waals surface area (Å²) in [4.78, 5) is 29.7. The zero-order valence-electron chi connectivity index (χ0n) is 21.5. The van der Waals surface area contributed by atoms with Gasteiger partial charge in [-0.05, 0) is 36.4 Å². The first-order valence-corrected chi connectivity index (χ1v) is 11.6. The number of anilines is 1. The van der Waals surface area contributed by atoms with Crippen LogP contribution in [0.15, 0.2) is 65.4 Å². The van der Waals surface area contributed by atoms with E-state index < -0.39 is 29.2 Å². The van der Waals surface area contributed by atoms with Gasteiger partial charge >= 0.3 is 5.97 Å². The van der Waals surface area contributed by atoms with Crippen LogP contribution in [-0.2, 0) is 9.53 Å². The number of aromatic nitrogens is 1. The van der Waals surface area contributed by atoms with Gasteiger partial charge in [-0.1, -0.05) is 20.8 Å². The van der Waals surface area contributed by atoms with Crippen molar-refractivity contribution in [2.75, 3.05) is 19.5 Å². The van der Waals surface area contributed by atoms with E-state index in [0.717, 1.165) is 6.07 Å². The zero-order valence-corrected chi connectivity index (χ0v) is 21.5. The van der Waals surface area contributed by atoms with Crippen molar-refractivity contribution in [1.29, 1.82) is 0 Å². The Morgan fingerprint density at radius 2 is 1.71 bits per heavy atom. The van der Waals surface area contributed by atoms with Crippen molar-refractivity contribution < 1.29 is 37.3 Å². The molecule has 1 unspecified atom stereocenters. The lowest BCUT2D eigenvalue weighted by molar-refractivity contribution is -0.130. The number of halogens is 1. The number of carbonyl (C=O) groups is 2. The Labute approximate surface area is 218 Å². The SMILES string of the molecule is COc1cc2nccc(Oc3ccc(NC(=O)C(OC(=O)c4ccco4)C(C)(C)C)cc3F)c2cc1OC. The number of ether oxygens (including phenoxy) is 4. The number of methoxy groups -OCH3 is 2. The van der Waals surface area contributed by atoms with E-state index in [4.69, 9.17) is 23.4 Å². The van der Waals surface area contributed by atoms with Crippen LogP contribution in [0.1, 0.15) is 31.3 Å². The Balaban J connectivity index is 1.53. The summed E-state index contributed by atoms with van der Waals surface area (Å²) in [6, 6.07) is 12.0. The number of esters is 1. The van der Waals surface area contributed by atoms with Gasteiger partial charge in [-0.25, -0.2) is 9.18 Å². The molecule has 0 aliphatic heterocycles. The Kier molecular flexibility index (Phi) is 7.52. The van der Waals surface area contributed by atoms with Crippen LogP contribution < -0.4 is 19.5 Å². The third-order valence-corrected chi connectivity index (χ3v) is 5.60. The number of nitrogens with one attached hydrogen (secondary N) is 1. The van der Waals surface area contributed by atoms with Crippen LogP contribution in [0, 0.1) is 11.2 Å². The Morgan fingerprint density at radius 1 is 0.974 bits per heavy atom. The van der Waals surface area contributed by atoms with E-state index >= 15 is 4.39 Å². The van der Waals surface area contributed by atoms with Gasteiger partial charge in [0.25, 0.3) is 5.91 Å². The molecule has 0 aliphatic carbocycles. The van der Waals surface area contributed by atoms with Crippen LogP contribution in [0.3, 0.4) is 0 Å². The van der Waals surface area contributed by atoms with Crippen molar-refractivity contribution in [3.8, 4) is 23.0 Å². The number of nitrogens with zero attached hydrogens (tertiary/aromatic N) is 1. The summed E-state index contributed by atoms with van der Waals surface area (Å²) in [5.41, 5.74) is -0.0176. The molecule has 0 aliphatic rings. The predicted octanol–water partition coefficient (Wildman–Crippen LogP) is 5.99. The van der Waals surface area contributed by atoms with Crippen molar-refractivity contribution in [3.63, 3.8) is 0 Å². The van der Waals surface area contributed by atoms with Gasteiger partial charge in [-0.2, -0.15) is 0 Å². The van der Waals surface area contributed by atoms with E-state index in [2.05, 4.69) is 10.3 Å². The summed E-state index contributed by atoms with van der Waals surface area (Å²) in [6.45, 7) is 5.23. The van der Waals surface area contributed by atoms with E-state index in [1.54, 1.807) is 39.0 Å². The van der Waals surface area contributed by atoms with Gasteiger partial charge in [-0.3, -0.25) is 9.78 Å². The molecule has 0 spiro atoms. The fourth-order valence-corrected chi connectivity index (χ4v) is 3.71. The smallest absolute Gasteiger partial charge is 0.375 e. The molecule has 0 saturated carbocycles. The highest BCUT2D eigenvalue weighted by Gasteiger charge is 2.36. The fraction of sp³-hybridized carbons (Fsp3) is 0.250. The highest BCUT2D eigenvalue weighted by molar-refractivity contribution is 5.97. The minimum atomic E-state index is -1.17. The fourth-order valence-electron chi connectivity index (χ4n) is 3.71. The Bertz CT molecular complexity index is 1460. The molecule has 10 heteroatoms. The third-order valence-electron chi connectivity index (χ3n) is 5.60. The van der Waals surface area contributed by atoms with Gasteiger partial charge in [0.2, 0.25) is 5.76 Å². The molecule has 38 heavy (non-hydrogen) atoms. The molecule has 1 N–H and O–H groups in total. The van der Waals surface area contributed by atoms with E-state index in [1.807, 2.05) is 0 Å². The lowest BCUT2D eigenvalue weighted by atomic mass is 9.88. The summed E-state index contributed by atoms with van der Waals surface area (Å²) in [6.07, 6.45) is 1.69. The normalized spacial score (nSPS) is 12.1. The Morgan fingerprint density at radius 3 is 2.34 bits per heavy atom. The average molecular weight is 523 g/mol. The van der Waals surface area contributed by atoms with E-state index in [0.29, 0.717) is 28.2 Å². The number of hydrogen-bond donors (Lipinski definition) is 1. The van der Waals surface area contributed by atoms with Crippen molar-refractivity contribution in [2.45, 2.75) is 26.9 Å². The monoisotopic (exact) mass is 522 g/mol. The maximum absolute atomic E-state index is 15.0. The highest BCUT2D eigenvalue weighted by atomic mass is 19.1. The van der Waals surface area contributed by atoms with E-state index in [9.17, 15) is 9.59 Å². The second-order valence-electron chi connectivity index (χ2n) is 9.40. The van der Waals surface area contributed by atoms with Crippen LogP contribution in [-0.4, -0.2) is 37.2 Å². The molecule has 2 heterocycles. The molecule has 0 saturated heterocycles. The molecule has 9 nitrogen and oxygen atoms in total. The van der Waals surface area contributed by atoms with Gasteiger partial charge in [0.1, 0.15) is 5.75 Å². The lowest BCUT2D eigenvalue weighted by Crippen LogP contribution is -2.42. The number of amides is 1. The third kappa shape index (κ3) is 5.69. The summed E-state index contributed by atoms with van der Waals surface area (Å²) in [5, 5.41) is 3.20. The number of rotatable bonds is 8. The number of hydrogen-bond acceptors (Lipinski definition) is 8. The van der Waals surface area contributed by atoms with Crippen LogP contribution in [0.4, 0.5) is 10.1 Å². The van der Waals surface area contributed by atoms with E-state index in [-0.39, 0.29) is 17.2 Å². The van der Waals surface area contributed by atoms with Crippen molar-refractivity contribution in [3.05, 3.63) is 72.6 Å². The molecular weight excluding hydrogens is 495 g/mol. The number of fused-ring (bicyclic) bond motifs is 1. The van der Waals surface area contributed by atoms with Crippen LogP contribution in [0.5, 0.6) is 23.0 Å². The molecule has 2 aromatic carbocycles. The molecule has 1 atom stereocenters. The molecule has 1 amide bonds. The van der Waals surface area contributed by atoms with Gasteiger partial charge < -0.3 is 28.7 Å². The number of pyridine rings is 1. The predicted molar refractivity (Wildman–Crippen MR) is 137 cm³/mol. The van der Waals surface area contributed by atoms with Crippen LogP contribution >= 0.6 is 0 Å². The largest absolute Gasteiger partial charge is 0.493 e. The average Bonchev–Trinajstić information content (AvgIpc) is 3.42. The minimum absolute atomic E-state index is 0.0284. The molecule has 0 bridgehead atoms. The minimum Gasteiger partial charge on any atom is -0.493 e. The second kappa shape index (κ2) is 10.8. The van der Waals surface area contributed by atoms with Gasteiger partial charge in [0.05, 0.1) is 26.0 Å². The number of benzene rings is 2. The van der Waals surface area contributed by atoms with Crippen LogP contribution in [0.2, 0.25) is 0 Å². The van der Waals surface area contributed by atoms with Gasteiger partial charge in [-0.15, -0.1) is 0 Å². The van der Waals surface area contributed by atoms with Crippen LogP contribution in [0.25, 0.3) is 10.9 Å². The summed E-state index contributed by atoms with van der Waals surface area (Å²) in [5.74, 6) is -0.888. The van der Waals surface area contributed by atoms with E-state index in [1.165, 1.54) is 50.9 Å². The lowest BCUT2D eigenvalue weighted by Gasteiger charge is -2.28. The van der Waals surface area contributed by atoms with Gasteiger partial charge in [0, 0.05) is 34.8 Å². The molecule has 0 radical (unpaired) electrons. The standard InChI is InChI=1S/C28H27FN2O7/c1-28(2,3)25(38-27(33)22-7-6-12-36-22)26(32)31-16-8-9-21(18(29)13-16)37-20-10-11-30-19-15-24(35-5)23(34-4)14-17(19)20/h6-15,25H,1-5H3,(H,31,32). The molecule has 4 rings (SSSR count). The van der Waals surface area contributed by atoms with Crippen molar-refractivity contribution in [2.24, 2.45) is 5.41 Å². The highest BCUT2D eigenvalue weighted by Crippen LogP contribution is 2.37. The molecule has 4 aromatic rings. The molecular formula is C28H27FN2O7. The maximum Gasteiger partial charge on any atom is 0.375 e. The molecule has 198 valence electrons. The summed E-state index contributed by atoms with van der Waals surface area (Å²) < 4.78 is 42.0. The number of carbonyl (C=O) groups excluding carboxylic acids is 2. The second-order valence-corrected chi connectivity index (χ2v) is 9.40. The first-order chi connectivity index (χ1) is 18.1. The first-order valence-electron chi connectivity index (χ1n) is 11.6. The van der Waals surface area contributed by atoms with Crippen molar-refractivity contribution >= 4 is 28.5 Å². The quantitative estimate of drug-likeness (QED) is 0.281. The Hall–Kier alpha value is -4.60. The maximum atomic E-state index is 15.0. The summed E-state index contributed by atoms with van der Waals surface area (Å²) in [7, 11) is 3.03.